The molecule has 1 N–H and O–H groups in total. The molecule has 19 heavy (non-hydrogen) atoms. The zero-order valence-corrected chi connectivity index (χ0v) is 11.6. The van der Waals surface area contributed by atoms with E-state index in [1.807, 2.05) is 18.2 Å². The highest BCUT2D eigenvalue weighted by molar-refractivity contribution is 5.81. The number of benzene rings is 1. The van der Waals surface area contributed by atoms with Gasteiger partial charge in [-0.2, -0.15) is 0 Å². The van der Waals surface area contributed by atoms with Crippen molar-refractivity contribution < 1.29 is 14.6 Å². The molecule has 1 atom stereocenters. The Labute approximate surface area is 114 Å². The fraction of sp³-hybridized carbons (Fsp3) is 0.562. The van der Waals surface area contributed by atoms with E-state index in [2.05, 4.69) is 0 Å². The van der Waals surface area contributed by atoms with Crippen LogP contribution in [0.1, 0.15) is 45.1 Å². The molecular formula is C16H22O3. The van der Waals surface area contributed by atoms with Gasteiger partial charge in [-0.3, -0.25) is 0 Å². The first kappa shape index (κ1) is 14.1. The van der Waals surface area contributed by atoms with Crippen molar-refractivity contribution in [1.82, 2.24) is 0 Å². The Morgan fingerprint density at radius 3 is 2.37 bits per heavy atom. The predicted molar refractivity (Wildman–Crippen MR) is 73.5 cm³/mol. The van der Waals surface area contributed by atoms with Crippen LogP contribution in [0.4, 0.5) is 0 Å². The van der Waals surface area contributed by atoms with Crippen LogP contribution in [0.5, 0.6) is 0 Å². The van der Waals surface area contributed by atoms with Gasteiger partial charge in [-0.25, -0.2) is 4.79 Å². The number of carbonyl (C=O) groups excluding carboxylic acids is 1. The molecule has 0 spiro atoms. The Morgan fingerprint density at radius 1 is 1.26 bits per heavy atom. The fourth-order valence-corrected chi connectivity index (χ4v) is 2.86. The Kier molecular flexibility index (Phi) is 4.25. The van der Waals surface area contributed by atoms with Gasteiger partial charge in [0.05, 0.1) is 6.10 Å². The minimum atomic E-state index is -1.50. The summed E-state index contributed by atoms with van der Waals surface area (Å²) in [5, 5.41) is 11.0. The molecule has 3 heteroatoms. The van der Waals surface area contributed by atoms with Crippen molar-refractivity contribution in [3.05, 3.63) is 35.9 Å². The molecule has 1 aromatic carbocycles. The van der Waals surface area contributed by atoms with E-state index in [0.717, 1.165) is 25.7 Å². The van der Waals surface area contributed by atoms with Crippen LogP contribution < -0.4 is 0 Å². The molecule has 0 bridgehead atoms. The number of esters is 1. The Morgan fingerprint density at radius 2 is 1.84 bits per heavy atom. The minimum absolute atomic E-state index is 0.0406. The second-order valence-electron chi connectivity index (χ2n) is 5.57. The molecule has 1 unspecified atom stereocenters. The van der Waals surface area contributed by atoms with E-state index in [1.54, 1.807) is 26.0 Å². The smallest absolute Gasteiger partial charge is 0.343 e. The number of carbonyl (C=O) groups is 1. The number of aliphatic hydroxyl groups is 1. The minimum Gasteiger partial charge on any atom is -0.461 e. The van der Waals surface area contributed by atoms with Gasteiger partial charge in [0.1, 0.15) is 0 Å². The van der Waals surface area contributed by atoms with Gasteiger partial charge in [0.25, 0.3) is 0 Å². The monoisotopic (exact) mass is 262 g/mol. The molecule has 0 amide bonds. The van der Waals surface area contributed by atoms with Crippen LogP contribution in [0.25, 0.3) is 0 Å². The Hall–Kier alpha value is -1.35. The van der Waals surface area contributed by atoms with Gasteiger partial charge < -0.3 is 9.84 Å². The topological polar surface area (TPSA) is 46.5 Å². The van der Waals surface area contributed by atoms with Crippen molar-refractivity contribution in [2.45, 2.75) is 51.2 Å². The SMILES string of the molecule is CC(C)OC(=O)C(O)(c1ccccc1)C1CCCC1. The molecule has 1 aliphatic carbocycles. The number of rotatable bonds is 4. The standard InChI is InChI=1S/C16H22O3/c1-12(2)19-15(17)16(18,14-10-6-7-11-14)13-8-4-3-5-9-13/h3-5,8-9,12,14,18H,6-7,10-11H2,1-2H3. The van der Waals surface area contributed by atoms with Gasteiger partial charge in [-0.1, -0.05) is 43.2 Å². The van der Waals surface area contributed by atoms with Gasteiger partial charge in [0.15, 0.2) is 5.60 Å². The van der Waals surface area contributed by atoms with E-state index in [4.69, 9.17) is 4.74 Å². The lowest BCUT2D eigenvalue weighted by molar-refractivity contribution is -0.177. The van der Waals surface area contributed by atoms with Gasteiger partial charge in [0, 0.05) is 5.92 Å². The van der Waals surface area contributed by atoms with Crippen LogP contribution in [0.15, 0.2) is 30.3 Å². The van der Waals surface area contributed by atoms with Crippen LogP contribution >= 0.6 is 0 Å². The molecule has 0 radical (unpaired) electrons. The second-order valence-corrected chi connectivity index (χ2v) is 5.57. The molecule has 104 valence electrons. The molecule has 1 aliphatic rings. The lowest BCUT2D eigenvalue weighted by Crippen LogP contribution is -2.44. The number of hydrogen-bond acceptors (Lipinski definition) is 3. The van der Waals surface area contributed by atoms with Crippen LogP contribution in [-0.2, 0) is 15.1 Å². The van der Waals surface area contributed by atoms with E-state index >= 15 is 0 Å². The van der Waals surface area contributed by atoms with E-state index in [1.165, 1.54) is 0 Å². The number of ether oxygens (including phenoxy) is 1. The molecule has 0 heterocycles. The summed E-state index contributed by atoms with van der Waals surface area (Å²) in [5.74, 6) is -0.554. The average Bonchev–Trinajstić information content (AvgIpc) is 2.92. The maximum atomic E-state index is 12.4. The van der Waals surface area contributed by atoms with Crippen LogP contribution in [-0.4, -0.2) is 17.2 Å². The Bertz CT molecular complexity index is 421. The Balaban J connectivity index is 2.35. The van der Waals surface area contributed by atoms with E-state index in [9.17, 15) is 9.90 Å². The molecule has 1 aromatic rings. The molecule has 3 nitrogen and oxygen atoms in total. The summed E-state index contributed by atoms with van der Waals surface area (Å²) in [6.07, 6.45) is 3.66. The molecule has 0 saturated heterocycles. The summed E-state index contributed by atoms with van der Waals surface area (Å²) in [6.45, 7) is 3.61. The van der Waals surface area contributed by atoms with Crippen LogP contribution in [0.3, 0.4) is 0 Å². The quantitative estimate of drug-likeness (QED) is 0.848. The first-order valence-corrected chi connectivity index (χ1v) is 7.04. The summed E-state index contributed by atoms with van der Waals surface area (Å²) >= 11 is 0. The lowest BCUT2D eigenvalue weighted by Gasteiger charge is -2.32. The first-order valence-electron chi connectivity index (χ1n) is 7.04. The van der Waals surface area contributed by atoms with Gasteiger partial charge in [-0.15, -0.1) is 0 Å². The largest absolute Gasteiger partial charge is 0.461 e. The van der Waals surface area contributed by atoms with Crippen LogP contribution in [0.2, 0.25) is 0 Å². The molecular weight excluding hydrogens is 240 g/mol. The molecule has 2 rings (SSSR count). The lowest BCUT2D eigenvalue weighted by atomic mass is 9.80. The third-order valence-corrected chi connectivity index (χ3v) is 3.81. The predicted octanol–water partition coefficient (Wildman–Crippen LogP) is 3.02. The highest BCUT2D eigenvalue weighted by atomic mass is 16.6. The highest BCUT2D eigenvalue weighted by Gasteiger charge is 2.47. The van der Waals surface area contributed by atoms with E-state index in [-0.39, 0.29) is 12.0 Å². The first-order chi connectivity index (χ1) is 9.05. The van der Waals surface area contributed by atoms with Crippen molar-refractivity contribution >= 4 is 5.97 Å². The second kappa shape index (κ2) is 5.74. The van der Waals surface area contributed by atoms with Crippen molar-refractivity contribution in [3.8, 4) is 0 Å². The van der Waals surface area contributed by atoms with E-state index in [0.29, 0.717) is 5.56 Å². The fourth-order valence-electron chi connectivity index (χ4n) is 2.86. The summed E-state index contributed by atoms with van der Waals surface area (Å²) < 4.78 is 5.29. The maximum Gasteiger partial charge on any atom is 0.343 e. The average molecular weight is 262 g/mol. The molecule has 1 fully saturated rings. The summed E-state index contributed by atoms with van der Waals surface area (Å²) in [7, 11) is 0. The van der Waals surface area contributed by atoms with Gasteiger partial charge in [-0.05, 0) is 32.3 Å². The van der Waals surface area contributed by atoms with Crippen molar-refractivity contribution in [2.24, 2.45) is 5.92 Å². The summed E-state index contributed by atoms with van der Waals surface area (Å²) in [5.41, 5.74) is -0.852. The maximum absolute atomic E-state index is 12.4. The zero-order chi connectivity index (χ0) is 13.9. The van der Waals surface area contributed by atoms with E-state index < -0.39 is 11.6 Å². The van der Waals surface area contributed by atoms with Gasteiger partial charge in [0.2, 0.25) is 0 Å². The third kappa shape index (κ3) is 2.81. The normalized spacial score (nSPS) is 19.4. The molecule has 0 aromatic heterocycles. The van der Waals surface area contributed by atoms with Gasteiger partial charge >= 0.3 is 5.97 Å². The van der Waals surface area contributed by atoms with Crippen molar-refractivity contribution in [2.75, 3.05) is 0 Å². The van der Waals surface area contributed by atoms with Crippen molar-refractivity contribution in [1.29, 1.82) is 0 Å². The van der Waals surface area contributed by atoms with Crippen molar-refractivity contribution in [3.63, 3.8) is 0 Å². The zero-order valence-electron chi connectivity index (χ0n) is 11.6. The van der Waals surface area contributed by atoms with Crippen LogP contribution in [0, 0.1) is 5.92 Å². The summed E-state index contributed by atoms with van der Waals surface area (Å²) in [6, 6.07) is 9.18. The third-order valence-electron chi connectivity index (χ3n) is 3.81. The summed E-state index contributed by atoms with van der Waals surface area (Å²) in [4.78, 5) is 12.4. The number of hydrogen-bond donors (Lipinski definition) is 1. The molecule has 0 aliphatic heterocycles. The highest BCUT2D eigenvalue weighted by Crippen LogP contribution is 2.41. The molecule has 1 saturated carbocycles.